The van der Waals surface area contributed by atoms with Gasteiger partial charge in [0, 0.05) is 24.4 Å². The third-order valence-electron chi connectivity index (χ3n) is 4.69. The van der Waals surface area contributed by atoms with Crippen molar-refractivity contribution in [1.82, 2.24) is 9.88 Å². The van der Waals surface area contributed by atoms with Crippen LogP contribution in [0.4, 0.5) is 14.3 Å². The maximum atomic E-state index is 13.8. The molecule has 1 fully saturated rings. The first-order valence-corrected chi connectivity index (χ1v) is 9.09. The van der Waals surface area contributed by atoms with Crippen molar-refractivity contribution in [3.8, 4) is 0 Å². The summed E-state index contributed by atoms with van der Waals surface area (Å²) in [7, 11) is 0. The van der Waals surface area contributed by atoms with E-state index in [1.807, 2.05) is 6.92 Å². The lowest BCUT2D eigenvalue weighted by molar-refractivity contribution is -0.146. The second-order valence-corrected chi connectivity index (χ2v) is 7.85. The first kappa shape index (κ1) is 18.3. The van der Waals surface area contributed by atoms with Crippen LogP contribution in [0.5, 0.6) is 0 Å². The lowest BCUT2D eigenvalue weighted by Crippen LogP contribution is -2.37. The number of aliphatic carboxylic acids is 1. The molecule has 6 nitrogen and oxygen atoms in total. The minimum atomic E-state index is -0.911. The average Bonchev–Trinajstić information content (AvgIpc) is 3.14. The van der Waals surface area contributed by atoms with E-state index < -0.39 is 11.4 Å². The fourth-order valence-corrected chi connectivity index (χ4v) is 3.92. The largest absolute Gasteiger partial charge is 0.481 e. The molecule has 26 heavy (non-hydrogen) atoms. The Labute approximate surface area is 154 Å². The number of thiazole rings is 1. The number of anilines is 1. The smallest absolute Gasteiger partial charge is 0.323 e. The Hall–Kier alpha value is -2.48. The third kappa shape index (κ3) is 3.70. The minimum Gasteiger partial charge on any atom is -0.481 e. The lowest BCUT2D eigenvalue weighted by Gasteiger charge is -2.19. The van der Waals surface area contributed by atoms with Crippen LogP contribution in [0.2, 0.25) is 0 Å². The summed E-state index contributed by atoms with van der Waals surface area (Å²) in [5, 5.41) is 12.4. The van der Waals surface area contributed by atoms with Crippen molar-refractivity contribution in [2.45, 2.75) is 26.7 Å². The highest BCUT2D eigenvalue weighted by Crippen LogP contribution is 2.31. The Morgan fingerprint density at radius 1 is 1.42 bits per heavy atom. The minimum absolute atomic E-state index is 0.167. The van der Waals surface area contributed by atoms with Gasteiger partial charge in [-0.2, -0.15) is 0 Å². The number of carboxylic acid groups (broad SMARTS) is 1. The van der Waals surface area contributed by atoms with Gasteiger partial charge in [-0.25, -0.2) is 14.2 Å². The van der Waals surface area contributed by atoms with Gasteiger partial charge < -0.3 is 10.0 Å². The van der Waals surface area contributed by atoms with Gasteiger partial charge in [0.25, 0.3) is 0 Å². The molecule has 0 aliphatic carbocycles. The predicted octanol–water partition coefficient (Wildman–Crippen LogP) is 3.51. The number of hydrogen-bond donors (Lipinski definition) is 2. The van der Waals surface area contributed by atoms with Crippen molar-refractivity contribution < 1.29 is 19.1 Å². The lowest BCUT2D eigenvalue weighted by atomic mass is 9.90. The van der Waals surface area contributed by atoms with Crippen molar-refractivity contribution in [3.05, 3.63) is 46.2 Å². The predicted molar refractivity (Wildman–Crippen MR) is 97.0 cm³/mol. The molecule has 2 N–H and O–H groups in total. The van der Waals surface area contributed by atoms with E-state index in [0.29, 0.717) is 30.1 Å². The Morgan fingerprint density at radius 3 is 2.81 bits per heavy atom. The summed E-state index contributed by atoms with van der Waals surface area (Å²) in [6.45, 7) is 4.02. The number of urea groups is 1. The Kier molecular flexibility index (Phi) is 4.95. The van der Waals surface area contributed by atoms with E-state index in [1.54, 1.807) is 25.1 Å². The monoisotopic (exact) mass is 377 g/mol. The van der Waals surface area contributed by atoms with Gasteiger partial charge in [-0.1, -0.05) is 18.2 Å². The number of rotatable bonds is 4. The summed E-state index contributed by atoms with van der Waals surface area (Å²) < 4.78 is 13.8. The first-order chi connectivity index (χ1) is 12.3. The molecule has 3 rings (SSSR count). The van der Waals surface area contributed by atoms with Crippen molar-refractivity contribution in [2.75, 3.05) is 18.4 Å². The fourth-order valence-electron chi connectivity index (χ4n) is 2.94. The molecule has 0 saturated carbocycles. The number of carbonyl (C=O) groups is 2. The molecule has 2 heterocycles. The number of nitrogens with one attached hydrogen (secondary N) is 1. The van der Waals surface area contributed by atoms with E-state index in [-0.39, 0.29) is 18.4 Å². The SMILES string of the molecule is Cc1nc(NC(=O)N2CCC(C)(C(=O)O)C2)sc1Cc1ccccc1F. The molecule has 0 spiro atoms. The summed E-state index contributed by atoms with van der Waals surface area (Å²) in [6.07, 6.45) is 0.831. The number of benzene rings is 1. The number of carboxylic acids is 1. The summed E-state index contributed by atoms with van der Waals surface area (Å²) in [5.74, 6) is -1.17. The molecule has 1 saturated heterocycles. The molecule has 1 aliphatic rings. The van der Waals surface area contributed by atoms with Gasteiger partial charge in [0.15, 0.2) is 5.13 Å². The zero-order valence-corrected chi connectivity index (χ0v) is 15.4. The standard InChI is InChI=1S/C18H20FN3O3S/c1-11-14(9-12-5-3-4-6-13(12)19)26-16(20-11)21-17(25)22-8-7-18(2,10-22)15(23)24/h3-6H,7-10H2,1-2H3,(H,23,24)(H,20,21,25). The molecule has 2 amide bonds. The number of aryl methyl sites for hydroxylation is 1. The van der Waals surface area contributed by atoms with Crippen molar-refractivity contribution >= 4 is 28.5 Å². The van der Waals surface area contributed by atoms with Gasteiger partial charge in [-0.05, 0) is 31.9 Å². The Balaban J connectivity index is 1.67. The van der Waals surface area contributed by atoms with Gasteiger partial charge in [0.05, 0.1) is 11.1 Å². The molecular formula is C18H20FN3O3S. The molecule has 1 atom stereocenters. The number of nitrogens with zero attached hydrogens (tertiary/aromatic N) is 2. The van der Waals surface area contributed by atoms with Crippen molar-refractivity contribution in [3.63, 3.8) is 0 Å². The molecule has 1 aromatic carbocycles. The van der Waals surface area contributed by atoms with Gasteiger partial charge in [0.1, 0.15) is 5.82 Å². The summed E-state index contributed by atoms with van der Waals surface area (Å²) >= 11 is 1.30. The number of amides is 2. The van der Waals surface area contributed by atoms with E-state index in [4.69, 9.17) is 0 Å². The van der Waals surface area contributed by atoms with Crippen LogP contribution < -0.4 is 5.32 Å². The van der Waals surface area contributed by atoms with Gasteiger partial charge in [-0.15, -0.1) is 11.3 Å². The zero-order valence-electron chi connectivity index (χ0n) is 14.6. The average molecular weight is 377 g/mol. The highest BCUT2D eigenvalue weighted by Gasteiger charge is 2.42. The van der Waals surface area contributed by atoms with Crippen LogP contribution in [0, 0.1) is 18.2 Å². The summed E-state index contributed by atoms with van der Waals surface area (Å²) in [5.41, 5.74) is 0.408. The second-order valence-electron chi connectivity index (χ2n) is 6.76. The molecular weight excluding hydrogens is 357 g/mol. The summed E-state index contributed by atoms with van der Waals surface area (Å²) in [4.78, 5) is 30.4. The van der Waals surface area contributed by atoms with Crippen LogP contribution in [0.3, 0.4) is 0 Å². The van der Waals surface area contributed by atoms with Crippen molar-refractivity contribution in [2.24, 2.45) is 5.41 Å². The third-order valence-corrected chi connectivity index (χ3v) is 5.77. The quantitative estimate of drug-likeness (QED) is 0.854. The van der Waals surface area contributed by atoms with E-state index in [0.717, 1.165) is 10.6 Å². The summed E-state index contributed by atoms with van der Waals surface area (Å²) in [6, 6.07) is 6.21. The molecule has 1 aromatic heterocycles. The maximum Gasteiger partial charge on any atom is 0.323 e. The highest BCUT2D eigenvalue weighted by atomic mass is 32.1. The van der Waals surface area contributed by atoms with E-state index in [2.05, 4.69) is 10.3 Å². The number of carbonyl (C=O) groups excluding carboxylic acids is 1. The maximum absolute atomic E-state index is 13.8. The van der Waals surface area contributed by atoms with Crippen LogP contribution in [0.1, 0.15) is 29.5 Å². The first-order valence-electron chi connectivity index (χ1n) is 8.27. The number of likely N-dealkylation sites (tertiary alicyclic amines) is 1. The van der Waals surface area contributed by atoms with Crippen LogP contribution in [-0.4, -0.2) is 40.1 Å². The molecule has 2 aromatic rings. The van der Waals surface area contributed by atoms with Crippen LogP contribution in [0.15, 0.2) is 24.3 Å². The molecule has 0 radical (unpaired) electrons. The highest BCUT2D eigenvalue weighted by molar-refractivity contribution is 7.15. The number of hydrogen-bond acceptors (Lipinski definition) is 4. The van der Waals surface area contributed by atoms with E-state index in [1.165, 1.54) is 22.3 Å². The molecule has 1 unspecified atom stereocenters. The van der Waals surface area contributed by atoms with E-state index >= 15 is 0 Å². The molecule has 138 valence electrons. The fraction of sp³-hybridized carbons (Fsp3) is 0.389. The number of halogens is 1. The molecule has 0 bridgehead atoms. The second kappa shape index (κ2) is 7.03. The Bertz CT molecular complexity index is 854. The van der Waals surface area contributed by atoms with Crippen LogP contribution in [-0.2, 0) is 11.2 Å². The zero-order chi connectivity index (χ0) is 18.9. The van der Waals surface area contributed by atoms with Crippen molar-refractivity contribution in [1.29, 1.82) is 0 Å². The van der Waals surface area contributed by atoms with Crippen LogP contribution in [0.25, 0.3) is 0 Å². The molecule has 8 heteroatoms. The topological polar surface area (TPSA) is 82.5 Å². The van der Waals surface area contributed by atoms with E-state index in [9.17, 15) is 19.1 Å². The van der Waals surface area contributed by atoms with Gasteiger partial charge in [-0.3, -0.25) is 10.1 Å². The van der Waals surface area contributed by atoms with Gasteiger partial charge >= 0.3 is 12.0 Å². The normalized spacial score (nSPS) is 19.6. The molecule has 1 aliphatic heterocycles. The number of aromatic nitrogens is 1. The van der Waals surface area contributed by atoms with Crippen LogP contribution >= 0.6 is 11.3 Å². The Morgan fingerprint density at radius 2 is 2.15 bits per heavy atom. The van der Waals surface area contributed by atoms with Gasteiger partial charge in [0.2, 0.25) is 0 Å².